The lowest BCUT2D eigenvalue weighted by Gasteiger charge is -2.13. The maximum absolute atomic E-state index is 12.8. The maximum Gasteiger partial charge on any atom is 0.272 e. The van der Waals surface area contributed by atoms with Crippen molar-refractivity contribution < 1.29 is 13.8 Å². The SMILES string of the molecule is CONS(=O)(=NC(=O)[C@@H](N)CC(C)C)c1cccc(Cl)c1. The van der Waals surface area contributed by atoms with Gasteiger partial charge in [0, 0.05) is 5.02 Å². The molecule has 0 saturated carbocycles. The lowest BCUT2D eigenvalue weighted by atomic mass is 10.0. The van der Waals surface area contributed by atoms with Crippen LogP contribution in [0.2, 0.25) is 5.02 Å². The Balaban J connectivity index is 3.18. The van der Waals surface area contributed by atoms with E-state index in [0.717, 1.165) is 0 Å². The predicted molar refractivity (Wildman–Crippen MR) is 82.9 cm³/mol. The summed E-state index contributed by atoms with van der Waals surface area (Å²) in [5.41, 5.74) is 5.77. The molecule has 0 heterocycles. The van der Waals surface area contributed by atoms with Crippen LogP contribution in [0.25, 0.3) is 0 Å². The molecule has 0 aliphatic carbocycles. The monoisotopic (exact) mass is 333 g/mol. The van der Waals surface area contributed by atoms with Crippen molar-refractivity contribution in [2.45, 2.75) is 31.2 Å². The van der Waals surface area contributed by atoms with Crippen LogP contribution in [0, 0.1) is 5.92 Å². The van der Waals surface area contributed by atoms with Gasteiger partial charge in [0.1, 0.15) is 0 Å². The molecule has 0 spiro atoms. The van der Waals surface area contributed by atoms with E-state index in [1.807, 2.05) is 13.8 Å². The van der Waals surface area contributed by atoms with Gasteiger partial charge in [0.15, 0.2) is 9.92 Å². The summed E-state index contributed by atoms with van der Waals surface area (Å²) in [6.45, 7) is 3.88. The zero-order chi connectivity index (χ0) is 16.0. The number of carbonyl (C=O) groups is 1. The summed E-state index contributed by atoms with van der Waals surface area (Å²) in [5, 5.41) is 0.382. The van der Waals surface area contributed by atoms with E-state index in [-0.39, 0.29) is 10.8 Å². The lowest BCUT2D eigenvalue weighted by molar-refractivity contribution is -0.119. The fourth-order valence-electron chi connectivity index (χ4n) is 1.67. The topological polar surface area (TPSA) is 93.8 Å². The van der Waals surface area contributed by atoms with Crippen molar-refractivity contribution in [2.24, 2.45) is 16.0 Å². The van der Waals surface area contributed by atoms with Crippen LogP contribution < -0.4 is 10.6 Å². The number of hydrogen-bond acceptors (Lipinski definition) is 4. The number of carbonyl (C=O) groups excluding carboxylic acids is 1. The highest BCUT2D eigenvalue weighted by molar-refractivity contribution is 7.92. The summed E-state index contributed by atoms with van der Waals surface area (Å²) >= 11 is 5.87. The van der Waals surface area contributed by atoms with E-state index >= 15 is 0 Å². The Morgan fingerprint density at radius 2 is 2.19 bits per heavy atom. The molecule has 3 N–H and O–H groups in total. The Kier molecular flexibility index (Phi) is 6.76. The first-order valence-electron chi connectivity index (χ1n) is 6.40. The van der Waals surface area contributed by atoms with Gasteiger partial charge in [-0.1, -0.05) is 31.5 Å². The molecule has 0 bridgehead atoms. The van der Waals surface area contributed by atoms with Crippen molar-refractivity contribution in [3.63, 3.8) is 0 Å². The molecule has 0 radical (unpaired) electrons. The molecule has 0 aliphatic rings. The maximum atomic E-state index is 12.8. The van der Waals surface area contributed by atoms with E-state index in [2.05, 4.69) is 9.25 Å². The van der Waals surface area contributed by atoms with Crippen molar-refractivity contribution >= 4 is 27.4 Å². The highest BCUT2D eigenvalue weighted by Crippen LogP contribution is 2.18. The minimum absolute atomic E-state index is 0.233. The van der Waals surface area contributed by atoms with Gasteiger partial charge >= 0.3 is 0 Å². The number of rotatable bonds is 6. The average molecular weight is 334 g/mol. The standard InChI is InChI=1S/C13H20ClN3O3S/c1-9(2)7-12(15)13(18)16-21(19,17-20-3)11-6-4-5-10(14)8-11/h4-6,8-9,12H,7,15H2,1-3H3,(H,16,17,18,19)/t12-,21?/m0/s1. The van der Waals surface area contributed by atoms with Crippen LogP contribution in [0.5, 0.6) is 0 Å². The summed E-state index contributed by atoms with van der Waals surface area (Å²) in [4.78, 5) is 19.3. The van der Waals surface area contributed by atoms with Gasteiger partial charge < -0.3 is 5.73 Å². The molecule has 1 unspecified atom stereocenters. The summed E-state index contributed by atoms with van der Waals surface area (Å²) in [5.74, 6) is -0.407. The van der Waals surface area contributed by atoms with Gasteiger partial charge in [-0.25, -0.2) is 4.21 Å². The van der Waals surface area contributed by atoms with E-state index in [9.17, 15) is 9.00 Å². The number of halogens is 1. The van der Waals surface area contributed by atoms with Crippen molar-refractivity contribution in [1.29, 1.82) is 0 Å². The first kappa shape index (κ1) is 18.1. The van der Waals surface area contributed by atoms with E-state index in [4.69, 9.17) is 22.2 Å². The zero-order valence-electron chi connectivity index (χ0n) is 12.2. The molecule has 8 heteroatoms. The highest BCUT2D eigenvalue weighted by Gasteiger charge is 2.20. The molecule has 1 aromatic rings. The van der Waals surface area contributed by atoms with Gasteiger partial charge in [-0.3, -0.25) is 9.63 Å². The van der Waals surface area contributed by atoms with Crippen LogP contribution in [-0.4, -0.2) is 23.3 Å². The molecular formula is C13H20ClN3O3S. The molecule has 1 aromatic carbocycles. The Morgan fingerprint density at radius 1 is 1.52 bits per heavy atom. The summed E-state index contributed by atoms with van der Waals surface area (Å²) in [6.07, 6.45) is 0.459. The third-order valence-corrected chi connectivity index (χ3v) is 4.53. The smallest absolute Gasteiger partial charge is 0.272 e. The third-order valence-electron chi connectivity index (χ3n) is 2.57. The molecule has 0 saturated heterocycles. The van der Waals surface area contributed by atoms with Gasteiger partial charge in [-0.05, 0) is 30.5 Å². The predicted octanol–water partition coefficient (Wildman–Crippen LogP) is 2.13. The second-order valence-electron chi connectivity index (χ2n) is 4.94. The number of nitrogens with two attached hydrogens (primary N) is 1. The fraction of sp³-hybridized carbons (Fsp3) is 0.462. The van der Waals surface area contributed by atoms with Gasteiger partial charge in [0.05, 0.1) is 18.0 Å². The molecule has 21 heavy (non-hydrogen) atoms. The lowest BCUT2D eigenvalue weighted by Crippen LogP contribution is -2.33. The molecule has 1 rings (SSSR count). The minimum atomic E-state index is -3.28. The molecule has 0 fully saturated rings. The van der Waals surface area contributed by atoms with Gasteiger partial charge in [-0.2, -0.15) is 0 Å². The number of nitrogens with one attached hydrogen (secondary N) is 1. The van der Waals surface area contributed by atoms with Crippen molar-refractivity contribution in [2.75, 3.05) is 7.11 Å². The van der Waals surface area contributed by atoms with Gasteiger partial charge in [0.2, 0.25) is 0 Å². The summed E-state index contributed by atoms with van der Waals surface area (Å²) in [7, 11) is -1.99. The third kappa shape index (κ3) is 5.37. The largest absolute Gasteiger partial charge is 0.320 e. The average Bonchev–Trinajstić information content (AvgIpc) is 2.38. The zero-order valence-corrected chi connectivity index (χ0v) is 13.8. The summed E-state index contributed by atoms with van der Waals surface area (Å²) < 4.78 is 16.5. The first-order valence-corrected chi connectivity index (χ1v) is 8.29. The van der Waals surface area contributed by atoms with Crippen molar-refractivity contribution in [1.82, 2.24) is 4.89 Å². The molecular weight excluding hydrogens is 314 g/mol. The molecule has 0 aliphatic heterocycles. The first-order chi connectivity index (χ1) is 9.78. The Bertz CT molecular complexity index is 612. The van der Waals surface area contributed by atoms with Gasteiger partial charge in [0.25, 0.3) is 5.91 Å². The van der Waals surface area contributed by atoms with Crippen molar-refractivity contribution in [3.05, 3.63) is 29.3 Å². The highest BCUT2D eigenvalue weighted by atomic mass is 35.5. The van der Waals surface area contributed by atoms with E-state index < -0.39 is 21.9 Å². The number of hydrogen-bond donors (Lipinski definition) is 2. The van der Waals surface area contributed by atoms with E-state index in [1.165, 1.54) is 13.2 Å². The number of amides is 1. The molecule has 1 amide bonds. The second-order valence-corrected chi connectivity index (χ2v) is 7.24. The van der Waals surface area contributed by atoms with Crippen molar-refractivity contribution in [3.8, 4) is 0 Å². The second kappa shape index (κ2) is 7.86. The Hall–Kier alpha value is -0.990. The number of benzene rings is 1. The van der Waals surface area contributed by atoms with Crippen LogP contribution in [-0.2, 0) is 19.5 Å². The van der Waals surface area contributed by atoms with Crippen LogP contribution >= 0.6 is 11.6 Å². The summed E-state index contributed by atoms with van der Waals surface area (Å²) in [6, 6.07) is 5.45. The number of nitrogens with zero attached hydrogens (tertiary/aromatic N) is 1. The Labute approximate surface area is 130 Å². The van der Waals surface area contributed by atoms with Crippen LogP contribution in [0.1, 0.15) is 20.3 Å². The molecule has 0 aromatic heterocycles. The van der Waals surface area contributed by atoms with Crippen LogP contribution in [0.3, 0.4) is 0 Å². The molecule has 118 valence electrons. The molecule has 6 nitrogen and oxygen atoms in total. The van der Waals surface area contributed by atoms with Gasteiger partial charge in [-0.15, -0.1) is 9.25 Å². The van der Waals surface area contributed by atoms with E-state index in [1.54, 1.807) is 18.2 Å². The van der Waals surface area contributed by atoms with Crippen LogP contribution in [0.15, 0.2) is 33.5 Å². The molecule has 2 atom stereocenters. The quantitative estimate of drug-likeness (QED) is 0.780. The normalized spacial score (nSPS) is 15.5. The fourth-order valence-corrected chi connectivity index (χ4v) is 3.33. The van der Waals surface area contributed by atoms with Crippen LogP contribution in [0.4, 0.5) is 0 Å². The Morgan fingerprint density at radius 3 is 2.71 bits per heavy atom. The van der Waals surface area contributed by atoms with E-state index in [0.29, 0.717) is 11.4 Å². The minimum Gasteiger partial charge on any atom is -0.320 e.